The number of carbonyl (C=O) groups excluding carboxylic acids is 2. The highest BCUT2D eigenvalue weighted by Crippen LogP contribution is 2.18. The molecule has 0 aliphatic carbocycles. The van der Waals surface area contributed by atoms with Crippen LogP contribution >= 0.6 is 11.6 Å². The number of esters is 1. The van der Waals surface area contributed by atoms with E-state index in [0.29, 0.717) is 11.6 Å². The third-order valence-corrected chi connectivity index (χ3v) is 2.40. The molecule has 0 saturated carbocycles. The average Bonchev–Trinajstić information content (AvgIpc) is 2.29. The third-order valence-electron chi connectivity index (χ3n) is 2.17. The second-order valence-electron chi connectivity index (χ2n) is 3.57. The van der Waals surface area contributed by atoms with Crippen molar-refractivity contribution in [1.29, 1.82) is 0 Å². The van der Waals surface area contributed by atoms with Crippen LogP contribution in [0.2, 0.25) is 5.02 Å². The molecule has 1 amide bonds. The fraction of sp³-hybridized carbons (Fsp3) is 0.333. The van der Waals surface area contributed by atoms with Gasteiger partial charge in [0, 0.05) is 17.3 Å². The van der Waals surface area contributed by atoms with Crippen LogP contribution in [0.25, 0.3) is 0 Å². The number of rotatable bonds is 5. The number of anilines is 1. The molecule has 1 aromatic rings. The fourth-order valence-electron chi connectivity index (χ4n) is 1.32. The van der Waals surface area contributed by atoms with Gasteiger partial charge in [0.2, 0.25) is 5.91 Å². The first-order chi connectivity index (χ1) is 8.54. The Kier molecular flexibility index (Phi) is 5.45. The molecule has 0 aromatic heterocycles. The molecule has 0 fully saturated rings. The van der Waals surface area contributed by atoms with Crippen LogP contribution in [0.5, 0.6) is 0 Å². The van der Waals surface area contributed by atoms with E-state index in [9.17, 15) is 9.59 Å². The second-order valence-corrected chi connectivity index (χ2v) is 4.01. The lowest BCUT2D eigenvalue weighted by atomic mass is 10.2. The SMILES string of the molecule is CCNC(=O)CCOC(=O)c1ccc(Cl)cc1N. The maximum absolute atomic E-state index is 11.6. The van der Waals surface area contributed by atoms with E-state index >= 15 is 0 Å². The van der Waals surface area contributed by atoms with Gasteiger partial charge in [0.25, 0.3) is 0 Å². The van der Waals surface area contributed by atoms with Crippen LogP contribution < -0.4 is 11.1 Å². The Balaban J connectivity index is 2.48. The molecule has 0 saturated heterocycles. The van der Waals surface area contributed by atoms with Crippen molar-refractivity contribution in [3.8, 4) is 0 Å². The zero-order valence-corrected chi connectivity index (χ0v) is 10.8. The maximum atomic E-state index is 11.6. The molecule has 1 rings (SSSR count). The number of nitrogens with two attached hydrogens (primary N) is 1. The van der Waals surface area contributed by atoms with Gasteiger partial charge >= 0.3 is 5.97 Å². The van der Waals surface area contributed by atoms with Crippen LogP contribution in [0.1, 0.15) is 23.7 Å². The number of amides is 1. The number of ether oxygens (including phenoxy) is 1. The summed E-state index contributed by atoms with van der Waals surface area (Å²) in [7, 11) is 0. The van der Waals surface area contributed by atoms with Crippen molar-refractivity contribution in [2.75, 3.05) is 18.9 Å². The molecule has 0 bridgehead atoms. The minimum atomic E-state index is -0.562. The first-order valence-corrected chi connectivity index (χ1v) is 5.91. The van der Waals surface area contributed by atoms with Gasteiger partial charge in [-0.05, 0) is 25.1 Å². The van der Waals surface area contributed by atoms with Crippen molar-refractivity contribution >= 4 is 29.2 Å². The molecule has 6 heteroatoms. The van der Waals surface area contributed by atoms with Gasteiger partial charge in [0.05, 0.1) is 12.0 Å². The number of halogens is 1. The van der Waals surface area contributed by atoms with Crippen molar-refractivity contribution in [3.63, 3.8) is 0 Å². The minimum Gasteiger partial charge on any atom is -0.461 e. The predicted octanol–water partition coefficient (Wildman–Crippen LogP) is 1.61. The molecule has 98 valence electrons. The zero-order chi connectivity index (χ0) is 13.5. The van der Waals surface area contributed by atoms with E-state index in [0.717, 1.165) is 0 Å². The molecule has 0 heterocycles. The molecule has 3 N–H and O–H groups in total. The number of nitrogen functional groups attached to an aromatic ring is 1. The summed E-state index contributed by atoms with van der Waals surface area (Å²) in [6, 6.07) is 4.52. The second kappa shape index (κ2) is 6.86. The van der Waals surface area contributed by atoms with Gasteiger partial charge < -0.3 is 15.8 Å². The summed E-state index contributed by atoms with van der Waals surface area (Å²) in [5.41, 5.74) is 6.14. The molecule has 0 radical (unpaired) electrons. The lowest BCUT2D eigenvalue weighted by Crippen LogP contribution is -2.24. The zero-order valence-electron chi connectivity index (χ0n) is 10.0. The molecule has 0 aliphatic rings. The lowest BCUT2D eigenvalue weighted by Gasteiger charge is -2.07. The van der Waals surface area contributed by atoms with Crippen molar-refractivity contribution in [1.82, 2.24) is 5.32 Å². The summed E-state index contributed by atoms with van der Waals surface area (Å²) in [5, 5.41) is 3.06. The molecule has 0 unspecified atom stereocenters. The first kappa shape index (κ1) is 14.3. The number of benzene rings is 1. The van der Waals surface area contributed by atoms with E-state index in [1.807, 2.05) is 6.92 Å². The Hall–Kier alpha value is -1.75. The highest BCUT2D eigenvalue weighted by Gasteiger charge is 2.12. The van der Waals surface area contributed by atoms with Crippen LogP contribution in [0.15, 0.2) is 18.2 Å². The Morgan fingerprint density at radius 3 is 2.78 bits per heavy atom. The smallest absolute Gasteiger partial charge is 0.340 e. The summed E-state index contributed by atoms with van der Waals surface area (Å²) in [6.07, 6.45) is 0.132. The number of nitrogens with one attached hydrogen (secondary N) is 1. The minimum absolute atomic E-state index is 0.0206. The van der Waals surface area contributed by atoms with Crippen molar-refractivity contribution in [2.45, 2.75) is 13.3 Å². The highest BCUT2D eigenvalue weighted by molar-refractivity contribution is 6.31. The standard InChI is InChI=1S/C12H15ClN2O3/c1-2-15-11(16)5-6-18-12(17)9-4-3-8(13)7-10(9)14/h3-4,7H,2,5-6,14H2,1H3,(H,15,16). The lowest BCUT2D eigenvalue weighted by molar-refractivity contribution is -0.121. The predicted molar refractivity (Wildman–Crippen MR) is 69.4 cm³/mol. The molecule has 1 aromatic carbocycles. The molecule has 0 aliphatic heterocycles. The van der Waals surface area contributed by atoms with Crippen LogP contribution in [0, 0.1) is 0 Å². The number of hydrogen-bond donors (Lipinski definition) is 2. The molecular weight excluding hydrogens is 256 g/mol. The molecule has 0 atom stereocenters. The summed E-state index contributed by atoms with van der Waals surface area (Å²) in [5.74, 6) is -0.720. The summed E-state index contributed by atoms with van der Waals surface area (Å²) in [4.78, 5) is 22.8. The van der Waals surface area contributed by atoms with E-state index in [1.54, 1.807) is 6.07 Å². The molecule has 0 spiro atoms. The Bertz CT molecular complexity index is 449. The Morgan fingerprint density at radius 1 is 1.44 bits per heavy atom. The van der Waals surface area contributed by atoms with Crippen molar-refractivity contribution < 1.29 is 14.3 Å². The quantitative estimate of drug-likeness (QED) is 0.629. The van der Waals surface area contributed by atoms with Gasteiger partial charge in [0.15, 0.2) is 0 Å². The largest absolute Gasteiger partial charge is 0.461 e. The van der Waals surface area contributed by atoms with Crippen LogP contribution in [0.3, 0.4) is 0 Å². The summed E-state index contributed by atoms with van der Waals surface area (Å²) < 4.78 is 4.94. The third kappa shape index (κ3) is 4.25. The average molecular weight is 271 g/mol. The monoisotopic (exact) mass is 270 g/mol. The van der Waals surface area contributed by atoms with Gasteiger partial charge in [-0.1, -0.05) is 11.6 Å². The van der Waals surface area contributed by atoms with Gasteiger partial charge in [0.1, 0.15) is 6.61 Å². The molecule has 5 nitrogen and oxygen atoms in total. The van der Waals surface area contributed by atoms with E-state index in [1.165, 1.54) is 12.1 Å². The van der Waals surface area contributed by atoms with Crippen LogP contribution in [0.4, 0.5) is 5.69 Å². The van der Waals surface area contributed by atoms with E-state index in [-0.39, 0.29) is 30.2 Å². The van der Waals surface area contributed by atoms with E-state index in [4.69, 9.17) is 22.1 Å². The highest BCUT2D eigenvalue weighted by atomic mass is 35.5. The first-order valence-electron chi connectivity index (χ1n) is 5.53. The molecule has 18 heavy (non-hydrogen) atoms. The summed E-state index contributed by atoms with van der Waals surface area (Å²) >= 11 is 5.72. The van der Waals surface area contributed by atoms with Crippen molar-refractivity contribution in [2.24, 2.45) is 0 Å². The normalized spacial score (nSPS) is 9.89. The van der Waals surface area contributed by atoms with Gasteiger partial charge in [-0.2, -0.15) is 0 Å². The number of carbonyl (C=O) groups is 2. The van der Waals surface area contributed by atoms with E-state index in [2.05, 4.69) is 5.32 Å². The summed E-state index contributed by atoms with van der Waals surface area (Å²) in [6.45, 7) is 2.39. The van der Waals surface area contributed by atoms with Crippen LogP contribution in [-0.2, 0) is 9.53 Å². The number of hydrogen-bond acceptors (Lipinski definition) is 4. The van der Waals surface area contributed by atoms with Crippen molar-refractivity contribution in [3.05, 3.63) is 28.8 Å². The Morgan fingerprint density at radius 2 is 2.17 bits per heavy atom. The van der Waals surface area contributed by atoms with Gasteiger partial charge in [-0.25, -0.2) is 4.79 Å². The Labute approximate surface area is 110 Å². The van der Waals surface area contributed by atoms with Gasteiger partial charge in [-0.3, -0.25) is 4.79 Å². The topological polar surface area (TPSA) is 81.4 Å². The van der Waals surface area contributed by atoms with Gasteiger partial charge in [-0.15, -0.1) is 0 Å². The van der Waals surface area contributed by atoms with Crippen LogP contribution in [-0.4, -0.2) is 25.0 Å². The maximum Gasteiger partial charge on any atom is 0.340 e. The van der Waals surface area contributed by atoms with E-state index < -0.39 is 5.97 Å². The molecular formula is C12H15ClN2O3. The fourth-order valence-corrected chi connectivity index (χ4v) is 1.50.